The third-order valence-electron chi connectivity index (χ3n) is 1.00. The maximum atomic E-state index is 12.2. The molecule has 0 heterocycles. The van der Waals surface area contributed by atoms with Crippen LogP contribution in [0.2, 0.25) is 0 Å². The monoisotopic (exact) mass is 172 g/mol. The van der Waals surface area contributed by atoms with Crippen LogP contribution >= 0.6 is 8.81 Å². The van der Waals surface area contributed by atoms with Crippen LogP contribution < -0.4 is 0 Å². The van der Waals surface area contributed by atoms with Crippen molar-refractivity contribution in [2.75, 3.05) is 13.7 Å². The first kappa shape index (κ1) is 10.2. The van der Waals surface area contributed by atoms with Crippen LogP contribution in [-0.4, -0.2) is 24.3 Å². The topological polar surface area (TPSA) is 29.5 Å². The second-order valence-electron chi connectivity index (χ2n) is 1.91. The lowest BCUT2D eigenvalue weighted by molar-refractivity contribution is 0.0692. The number of hydrogen-bond donors (Lipinski definition) is 1. The first-order valence-corrected chi connectivity index (χ1v) is 3.85. The van der Waals surface area contributed by atoms with Crippen LogP contribution in [0.4, 0.5) is 8.78 Å². The molecule has 2 nitrogen and oxygen atoms in total. The summed E-state index contributed by atoms with van der Waals surface area (Å²) in [6, 6.07) is 0. The van der Waals surface area contributed by atoms with Gasteiger partial charge in [0.15, 0.2) is 0 Å². The summed E-state index contributed by atoms with van der Waals surface area (Å²) >= 11 is 0. The van der Waals surface area contributed by atoms with Crippen LogP contribution in [0, 0.1) is 0 Å². The van der Waals surface area contributed by atoms with E-state index in [1.54, 1.807) is 0 Å². The summed E-state index contributed by atoms with van der Waals surface area (Å²) < 4.78 is 28.9. The third-order valence-corrected chi connectivity index (χ3v) is 1.58. The fraction of sp³-hybridized carbons (Fsp3) is 1.00. The fourth-order valence-electron chi connectivity index (χ4n) is 0.494. The Morgan fingerprint density at radius 2 is 2.20 bits per heavy atom. The molecule has 0 aromatic heterocycles. The average molecular weight is 172 g/mol. The Hall–Kier alpha value is 0.210. The van der Waals surface area contributed by atoms with Gasteiger partial charge in [-0.1, -0.05) is 0 Å². The van der Waals surface area contributed by atoms with E-state index < -0.39 is 14.5 Å². The van der Waals surface area contributed by atoms with E-state index in [9.17, 15) is 8.78 Å². The Balaban J connectivity index is 3.28. The van der Waals surface area contributed by atoms with Crippen LogP contribution in [0.1, 0.15) is 12.8 Å². The van der Waals surface area contributed by atoms with Gasteiger partial charge in [-0.15, -0.1) is 0 Å². The van der Waals surface area contributed by atoms with Crippen LogP contribution in [0.3, 0.4) is 0 Å². The van der Waals surface area contributed by atoms with Gasteiger partial charge in [-0.3, -0.25) is 0 Å². The zero-order valence-electron chi connectivity index (χ0n) is 5.73. The van der Waals surface area contributed by atoms with Crippen molar-refractivity contribution in [2.24, 2.45) is 0 Å². The molecule has 0 aliphatic rings. The quantitative estimate of drug-likeness (QED) is 0.504. The third kappa shape index (κ3) is 5.03. The standard InChI is InChI=1S/C5H11F2O2P/c1-9-4-2-3-5(6,7)10-8/h8,10H,2-4H2,1H3. The Labute approximate surface area is 60.4 Å². The highest BCUT2D eigenvalue weighted by atomic mass is 31.1. The number of ether oxygens (including phenoxy) is 1. The van der Waals surface area contributed by atoms with E-state index in [-0.39, 0.29) is 12.8 Å². The molecule has 5 heteroatoms. The number of rotatable bonds is 5. The van der Waals surface area contributed by atoms with E-state index in [1.165, 1.54) is 7.11 Å². The SMILES string of the molecule is COCCCC(F)(F)PO. The predicted molar refractivity (Wildman–Crippen MR) is 36.6 cm³/mol. The molecule has 0 rings (SSSR count). The zero-order chi connectivity index (χ0) is 8.04. The Morgan fingerprint density at radius 3 is 2.60 bits per heavy atom. The first-order chi connectivity index (χ1) is 4.62. The van der Waals surface area contributed by atoms with Crippen molar-refractivity contribution in [3.63, 3.8) is 0 Å². The number of methoxy groups -OCH3 is 1. The van der Waals surface area contributed by atoms with E-state index >= 15 is 0 Å². The van der Waals surface area contributed by atoms with E-state index in [2.05, 4.69) is 4.74 Å². The Morgan fingerprint density at radius 1 is 1.60 bits per heavy atom. The van der Waals surface area contributed by atoms with Crippen molar-refractivity contribution in [2.45, 2.75) is 18.5 Å². The van der Waals surface area contributed by atoms with Gasteiger partial charge in [-0.05, 0) is 6.42 Å². The average Bonchev–Trinajstić information content (AvgIpc) is 1.89. The molecular weight excluding hydrogens is 161 g/mol. The van der Waals surface area contributed by atoms with Crippen molar-refractivity contribution in [1.82, 2.24) is 0 Å². The summed E-state index contributed by atoms with van der Waals surface area (Å²) in [5.74, 6) is 0. The molecule has 0 spiro atoms. The molecule has 1 atom stereocenters. The molecule has 10 heavy (non-hydrogen) atoms. The van der Waals surface area contributed by atoms with Gasteiger partial charge in [0.25, 0.3) is 5.66 Å². The second kappa shape index (κ2) is 4.94. The van der Waals surface area contributed by atoms with Gasteiger partial charge in [0.1, 0.15) is 0 Å². The molecule has 0 saturated heterocycles. The summed E-state index contributed by atoms with van der Waals surface area (Å²) in [5, 5.41) is 0. The molecular formula is C5H11F2O2P. The first-order valence-electron chi connectivity index (χ1n) is 2.90. The molecule has 1 N–H and O–H groups in total. The molecule has 1 unspecified atom stereocenters. The lowest BCUT2D eigenvalue weighted by Gasteiger charge is -2.10. The molecule has 0 amide bonds. The predicted octanol–water partition coefficient (Wildman–Crippen LogP) is 1.59. The van der Waals surface area contributed by atoms with Crippen LogP contribution in [0.5, 0.6) is 0 Å². The normalized spacial score (nSPS) is 13.2. The molecule has 0 aliphatic carbocycles. The van der Waals surface area contributed by atoms with Crippen LogP contribution in [-0.2, 0) is 4.74 Å². The van der Waals surface area contributed by atoms with Gasteiger partial charge in [0, 0.05) is 20.1 Å². The summed E-state index contributed by atoms with van der Waals surface area (Å²) in [6.07, 6.45) is -0.00710. The van der Waals surface area contributed by atoms with Gasteiger partial charge in [0.2, 0.25) is 0 Å². The minimum Gasteiger partial charge on any atom is -0.385 e. The molecule has 0 saturated carbocycles. The van der Waals surface area contributed by atoms with Crippen LogP contribution in [0.15, 0.2) is 0 Å². The van der Waals surface area contributed by atoms with Crippen molar-refractivity contribution in [1.29, 1.82) is 0 Å². The van der Waals surface area contributed by atoms with Crippen LogP contribution in [0.25, 0.3) is 0 Å². The largest absolute Gasteiger partial charge is 0.385 e. The number of alkyl halides is 2. The maximum absolute atomic E-state index is 12.2. The lowest BCUT2D eigenvalue weighted by Crippen LogP contribution is -2.08. The molecule has 0 radical (unpaired) electrons. The minimum atomic E-state index is -2.90. The summed E-state index contributed by atoms with van der Waals surface area (Å²) in [7, 11) is 0.165. The van der Waals surface area contributed by atoms with E-state index in [1.807, 2.05) is 0 Å². The zero-order valence-corrected chi connectivity index (χ0v) is 6.73. The molecule has 62 valence electrons. The minimum absolute atomic E-state index is 0.289. The van der Waals surface area contributed by atoms with E-state index in [4.69, 9.17) is 4.89 Å². The van der Waals surface area contributed by atoms with Gasteiger partial charge >= 0.3 is 0 Å². The van der Waals surface area contributed by atoms with Gasteiger partial charge in [-0.2, -0.15) is 8.78 Å². The molecule has 0 aliphatic heterocycles. The molecule has 0 bridgehead atoms. The highest BCUT2D eigenvalue weighted by Crippen LogP contribution is 2.35. The van der Waals surface area contributed by atoms with E-state index in [0.717, 1.165) is 0 Å². The van der Waals surface area contributed by atoms with Crippen molar-refractivity contribution < 1.29 is 18.4 Å². The van der Waals surface area contributed by atoms with Crippen molar-refractivity contribution in [3.05, 3.63) is 0 Å². The van der Waals surface area contributed by atoms with Crippen molar-refractivity contribution >= 4 is 8.81 Å². The molecule has 0 aromatic rings. The Bertz CT molecular complexity index is 89.7. The van der Waals surface area contributed by atoms with Gasteiger partial charge in [0.05, 0.1) is 8.81 Å². The maximum Gasteiger partial charge on any atom is 0.286 e. The van der Waals surface area contributed by atoms with Crippen molar-refractivity contribution in [3.8, 4) is 0 Å². The van der Waals surface area contributed by atoms with E-state index in [0.29, 0.717) is 6.61 Å². The highest BCUT2D eigenvalue weighted by Gasteiger charge is 2.26. The summed E-state index contributed by atoms with van der Waals surface area (Å²) in [6.45, 7) is 0.320. The molecule has 0 fully saturated rings. The fourth-order valence-corrected chi connectivity index (χ4v) is 0.783. The van der Waals surface area contributed by atoms with Gasteiger partial charge < -0.3 is 9.63 Å². The lowest BCUT2D eigenvalue weighted by atomic mass is 10.3. The van der Waals surface area contributed by atoms with Gasteiger partial charge in [-0.25, -0.2) is 0 Å². The molecule has 0 aromatic carbocycles. The summed E-state index contributed by atoms with van der Waals surface area (Å²) in [4.78, 5) is 8.13. The smallest absolute Gasteiger partial charge is 0.286 e. The second-order valence-corrected chi connectivity index (χ2v) is 2.87. The highest BCUT2D eigenvalue weighted by molar-refractivity contribution is 7.32. The number of halogens is 2. The summed E-state index contributed by atoms with van der Waals surface area (Å²) in [5.41, 5.74) is -2.90. The number of hydrogen-bond acceptors (Lipinski definition) is 2. The Kier molecular flexibility index (Phi) is 5.04.